The summed E-state index contributed by atoms with van der Waals surface area (Å²) in [7, 11) is 4.02. The smallest absolute Gasteiger partial charge is 0.134 e. The normalized spacial score (nSPS) is 11.3. The summed E-state index contributed by atoms with van der Waals surface area (Å²) in [6.45, 7) is 2.72. The molecule has 0 aliphatic carbocycles. The lowest BCUT2D eigenvalue weighted by molar-refractivity contribution is 0.946. The van der Waals surface area contributed by atoms with Gasteiger partial charge in [0, 0.05) is 31.6 Å². The van der Waals surface area contributed by atoms with E-state index in [-0.39, 0.29) is 0 Å². The van der Waals surface area contributed by atoms with E-state index in [1.54, 1.807) is 17.7 Å². The van der Waals surface area contributed by atoms with Gasteiger partial charge in [-0.2, -0.15) is 0 Å². The molecule has 0 fully saturated rings. The predicted octanol–water partition coefficient (Wildman–Crippen LogP) is 3.88. The van der Waals surface area contributed by atoms with Crippen LogP contribution in [0.4, 0.5) is 11.5 Å². The van der Waals surface area contributed by atoms with Crippen LogP contribution in [0.1, 0.15) is 17.4 Å². The van der Waals surface area contributed by atoms with Crippen molar-refractivity contribution in [1.82, 2.24) is 19.5 Å². The SMILES string of the molecule is CCc1cc(-c2ccc(CN)s2)ncc1N(C)c1cc2c(cn1)ncn2C. The number of hydrogen-bond donors (Lipinski definition) is 1. The number of pyridine rings is 2. The molecule has 7 heteroatoms. The minimum absolute atomic E-state index is 0.564. The molecule has 4 aromatic heterocycles. The maximum Gasteiger partial charge on any atom is 0.134 e. The van der Waals surface area contributed by atoms with E-state index in [2.05, 4.69) is 46.1 Å². The Bertz CT molecular complexity index is 1100. The van der Waals surface area contributed by atoms with Crippen molar-refractivity contribution in [3.63, 3.8) is 0 Å². The molecular formula is C20H22N6S. The highest BCUT2D eigenvalue weighted by Crippen LogP contribution is 2.32. The number of thiophene rings is 1. The molecule has 0 amide bonds. The second-order valence-electron chi connectivity index (χ2n) is 6.47. The van der Waals surface area contributed by atoms with E-state index in [4.69, 9.17) is 10.7 Å². The molecule has 0 atom stereocenters. The molecule has 6 nitrogen and oxygen atoms in total. The summed E-state index contributed by atoms with van der Waals surface area (Å²) >= 11 is 1.70. The van der Waals surface area contributed by atoms with E-state index in [9.17, 15) is 0 Å². The Balaban J connectivity index is 1.72. The van der Waals surface area contributed by atoms with Crippen molar-refractivity contribution >= 4 is 33.9 Å². The highest BCUT2D eigenvalue weighted by molar-refractivity contribution is 7.15. The van der Waals surface area contributed by atoms with Crippen molar-refractivity contribution in [2.45, 2.75) is 19.9 Å². The zero-order valence-corrected chi connectivity index (χ0v) is 16.5. The summed E-state index contributed by atoms with van der Waals surface area (Å²) in [5, 5.41) is 0. The molecule has 0 saturated heterocycles. The van der Waals surface area contributed by atoms with Crippen molar-refractivity contribution in [3.8, 4) is 10.6 Å². The molecule has 0 bridgehead atoms. The molecule has 4 rings (SSSR count). The number of rotatable bonds is 5. The van der Waals surface area contributed by atoms with Crippen LogP contribution in [0.3, 0.4) is 0 Å². The highest BCUT2D eigenvalue weighted by atomic mass is 32.1. The zero-order valence-electron chi connectivity index (χ0n) is 15.7. The molecule has 0 saturated carbocycles. The van der Waals surface area contributed by atoms with Gasteiger partial charge < -0.3 is 15.2 Å². The van der Waals surface area contributed by atoms with Gasteiger partial charge in [0.2, 0.25) is 0 Å². The van der Waals surface area contributed by atoms with Crippen LogP contribution in [0.15, 0.2) is 43.0 Å². The van der Waals surface area contributed by atoms with Crippen LogP contribution >= 0.6 is 11.3 Å². The number of hydrogen-bond acceptors (Lipinski definition) is 6. The predicted molar refractivity (Wildman–Crippen MR) is 111 cm³/mol. The number of aromatic nitrogens is 4. The molecule has 0 aromatic carbocycles. The molecule has 27 heavy (non-hydrogen) atoms. The monoisotopic (exact) mass is 378 g/mol. The van der Waals surface area contributed by atoms with Gasteiger partial charge in [-0.05, 0) is 30.2 Å². The minimum atomic E-state index is 0.564. The molecule has 2 N–H and O–H groups in total. The van der Waals surface area contributed by atoms with Gasteiger partial charge in [0.05, 0.1) is 40.5 Å². The average Bonchev–Trinajstić information content (AvgIpc) is 3.33. The topological polar surface area (TPSA) is 72.9 Å². The van der Waals surface area contributed by atoms with Gasteiger partial charge in [0.25, 0.3) is 0 Å². The van der Waals surface area contributed by atoms with Gasteiger partial charge in [0.15, 0.2) is 0 Å². The maximum absolute atomic E-state index is 5.74. The van der Waals surface area contributed by atoms with Crippen LogP contribution in [0.5, 0.6) is 0 Å². The third-order valence-electron chi connectivity index (χ3n) is 4.76. The summed E-state index contributed by atoms with van der Waals surface area (Å²) in [5.74, 6) is 0.872. The van der Waals surface area contributed by atoms with Crippen molar-refractivity contribution in [2.75, 3.05) is 11.9 Å². The third kappa shape index (κ3) is 3.20. The molecular weight excluding hydrogens is 356 g/mol. The molecule has 4 heterocycles. The van der Waals surface area contributed by atoms with E-state index >= 15 is 0 Å². The molecule has 0 aliphatic rings. The number of nitrogens with zero attached hydrogens (tertiary/aromatic N) is 5. The van der Waals surface area contributed by atoms with Crippen LogP contribution < -0.4 is 10.6 Å². The zero-order chi connectivity index (χ0) is 19.0. The fourth-order valence-corrected chi connectivity index (χ4v) is 4.02. The fraction of sp³-hybridized carbons (Fsp3) is 0.250. The first-order chi connectivity index (χ1) is 13.1. The van der Waals surface area contributed by atoms with Crippen molar-refractivity contribution < 1.29 is 0 Å². The second-order valence-corrected chi connectivity index (χ2v) is 7.64. The van der Waals surface area contributed by atoms with E-state index in [1.807, 2.05) is 31.1 Å². The standard InChI is InChI=1S/C20H22N6S/c1-4-13-7-15(19-6-5-14(9-21)27-19)22-11-18(13)26(3)20-8-17-16(10-23-20)24-12-25(17)2/h5-8,10-12H,4,9,21H2,1-3H3. The van der Waals surface area contributed by atoms with E-state index in [1.165, 1.54) is 10.4 Å². The lowest BCUT2D eigenvalue weighted by Gasteiger charge is -2.21. The van der Waals surface area contributed by atoms with Gasteiger partial charge >= 0.3 is 0 Å². The number of nitrogens with two attached hydrogens (primary N) is 1. The second kappa shape index (κ2) is 7.09. The fourth-order valence-electron chi connectivity index (χ4n) is 3.16. The van der Waals surface area contributed by atoms with Gasteiger partial charge in [-0.15, -0.1) is 11.3 Å². The lowest BCUT2D eigenvalue weighted by atomic mass is 10.1. The molecule has 0 unspecified atom stereocenters. The first-order valence-corrected chi connectivity index (χ1v) is 9.71. The van der Waals surface area contributed by atoms with Gasteiger partial charge in [-0.3, -0.25) is 4.98 Å². The van der Waals surface area contributed by atoms with Crippen LogP contribution in [0.25, 0.3) is 21.6 Å². The van der Waals surface area contributed by atoms with Crippen LogP contribution in [-0.2, 0) is 20.0 Å². The first-order valence-electron chi connectivity index (χ1n) is 8.89. The minimum Gasteiger partial charge on any atom is -0.334 e. The number of imidazole rings is 1. The Labute approximate surface area is 162 Å². The summed E-state index contributed by atoms with van der Waals surface area (Å²) < 4.78 is 2.00. The summed E-state index contributed by atoms with van der Waals surface area (Å²) in [6.07, 6.45) is 6.47. The maximum atomic E-state index is 5.74. The quantitative estimate of drug-likeness (QED) is 0.570. The summed E-state index contributed by atoms with van der Waals surface area (Å²) in [5.41, 5.74) is 11.0. The van der Waals surface area contributed by atoms with Crippen LogP contribution in [0, 0.1) is 0 Å². The Morgan fingerprint density at radius 1 is 1.15 bits per heavy atom. The summed E-state index contributed by atoms with van der Waals surface area (Å²) in [4.78, 5) is 18.0. The van der Waals surface area contributed by atoms with Gasteiger partial charge in [-0.25, -0.2) is 9.97 Å². The van der Waals surface area contributed by atoms with E-state index < -0.39 is 0 Å². The Hall–Kier alpha value is -2.77. The number of aryl methyl sites for hydroxylation is 2. The number of anilines is 2. The Morgan fingerprint density at radius 3 is 2.74 bits per heavy atom. The van der Waals surface area contributed by atoms with Crippen molar-refractivity contribution in [2.24, 2.45) is 12.8 Å². The molecule has 0 radical (unpaired) electrons. The van der Waals surface area contributed by atoms with Crippen LogP contribution in [0.2, 0.25) is 0 Å². The average molecular weight is 379 g/mol. The highest BCUT2D eigenvalue weighted by Gasteiger charge is 2.14. The molecule has 4 aromatic rings. The Morgan fingerprint density at radius 2 is 2.00 bits per heavy atom. The molecule has 138 valence electrons. The first kappa shape index (κ1) is 17.6. The largest absolute Gasteiger partial charge is 0.334 e. The van der Waals surface area contributed by atoms with Crippen LogP contribution in [-0.4, -0.2) is 26.6 Å². The molecule has 0 aliphatic heterocycles. The van der Waals surface area contributed by atoms with Crippen molar-refractivity contribution in [1.29, 1.82) is 0 Å². The van der Waals surface area contributed by atoms with E-state index in [0.717, 1.165) is 39.5 Å². The molecule has 0 spiro atoms. The summed E-state index contributed by atoms with van der Waals surface area (Å²) in [6, 6.07) is 8.39. The van der Waals surface area contributed by atoms with Gasteiger partial charge in [0.1, 0.15) is 11.3 Å². The van der Waals surface area contributed by atoms with E-state index in [0.29, 0.717) is 6.54 Å². The van der Waals surface area contributed by atoms with Gasteiger partial charge in [-0.1, -0.05) is 6.92 Å². The lowest BCUT2D eigenvalue weighted by Crippen LogP contribution is -2.14. The third-order valence-corrected chi connectivity index (χ3v) is 5.89. The van der Waals surface area contributed by atoms with Crippen molar-refractivity contribution in [3.05, 3.63) is 53.4 Å². The number of fused-ring (bicyclic) bond motifs is 1. The Kier molecular flexibility index (Phi) is 4.63.